The Kier molecular flexibility index (Phi) is 4.94. The molecule has 0 aliphatic rings. The van der Waals surface area contributed by atoms with E-state index < -0.39 is 5.82 Å². The minimum Gasteiger partial charge on any atom is -0.496 e. The maximum atomic E-state index is 13.1. The maximum Gasteiger partial charge on any atom is 0.255 e. The van der Waals surface area contributed by atoms with Gasteiger partial charge in [0.2, 0.25) is 0 Å². The van der Waals surface area contributed by atoms with E-state index in [0.29, 0.717) is 18.2 Å². The first-order chi connectivity index (χ1) is 8.04. The van der Waals surface area contributed by atoms with Crippen LogP contribution in [0.2, 0.25) is 0 Å². The van der Waals surface area contributed by atoms with Crippen LogP contribution in [0.4, 0.5) is 4.39 Å². The van der Waals surface area contributed by atoms with Gasteiger partial charge in [-0.2, -0.15) is 0 Å². The molecular formula is C13H18FNO2. The minimum absolute atomic E-state index is 0.233. The molecule has 0 atom stereocenters. The molecule has 1 aromatic rings. The number of nitrogens with one attached hydrogen (secondary N) is 1. The Morgan fingerprint density at radius 1 is 1.47 bits per heavy atom. The molecule has 1 rings (SSSR count). The Morgan fingerprint density at radius 3 is 2.76 bits per heavy atom. The summed E-state index contributed by atoms with van der Waals surface area (Å²) >= 11 is 0. The highest BCUT2D eigenvalue weighted by Crippen LogP contribution is 2.19. The number of benzene rings is 1. The monoisotopic (exact) mass is 239 g/mol. The first-order valence-electron chi connectivity index (χ1n) is 5.66. The number of amides is 1. The summed E-state index contributed by atoms with van der Waals surface area (Å²) in [6, 6.07) is 3.90. The van der Waals surface area contributed by atoms with Gasteiger partial charge in [-0.3, -0.25) is 4.79 Å². The predicted molar refractivity (Wildman–Crippen MR) is 64.7 cm³/mol. The van der Waals surface area contributed by atoms with E-state index in [1.807, 2.05) is 0 Å². The number of ether oxygens (including phenoxy) is 1. The third-order valence-electron chi connectivity index (χ3n) is 2.41. The second-order valence-corrected chi connectivity index (χ2v) is 4.28. The third-order valence-corrected chi connectivity index (χ3v) is 2.41. The molecular weight excluding hydrogens is 221 g/mol. The van der Waals surface area contributed by atoms with Crippen molar-refractivity contribution >= 4 is 5.91 Å². The fourth-order valence-corrected chi connectivity index (χ4v) is 1.43. The largest absolute Gasteiger partial charge is 0.496 e. The van der Waals surface area contributed by atoms with Gasteiger partial charge in [0.05, 0.1) is 12.7 Å². The van der Waals surface area contributed by atoms with Gasteiger partial charge in [0.25, 0.3) is 5.91 Å². The summed E-state index contributed by atoms with van der Waals surface area (Å²) in [6.07, 6.45) is 0.892. The van der Waals surface area contributed by atoms with Crippen LogP contribution in [0, 0.1) is 11.7 Å². The van der Waals surface area contributed by atoms with Gasteiger partial charge in [-0.05, 0) is 30.5 Å². The van der Waals surface area contributed by atoms with Crippen molar-refractivity contribution in [2.45, 2.75) is 20.3 Å². The molecule has 0 fully saturated rings. The summed E-state index contributed by atoms with van der Waals surface area (Å²) in [5, 5.41) is 2.75. The van der Waals surface area contributed by atoms with E-state index in [-0.39, 0.29) is 11.5 Å². The predicted octanol–water partition coefficient (Wildman–Crippen LogP) is 2.61. The first kappa shape index (κ1) is 13.5. The highest BCUT2D eigenvalue weighted by atomic mass is 19.1. The standard InChI is InChI=1S/C13H18FNO2/c1-9(2)6-7-15-13(16)11-8-10(14)4-5-12(11)17-3/h4-5,8-9H,6-7H2,1-3H3,(H,15,16). The van der Waals surface area contributed by atoms with Crippen molar-refractivity contribution in [2.24, 2.45) is 5.92 Å². The highest BCUT2D eigenvalue weighted by Gasteiger charge is 2.12. The van der Waals surface area contributed by atoms with Gasteiger partial charge in [-0.1, -0.05) is 13.8 Å². The second-order valence-electron chi connectivity index (χ2n) is 4.28. The quantitative estimate of drug-likeness (QED) is 0.857. The van der Waals surface area contributed by atoms with Gasteiger partial charge in [-0.25, -0.2) is 4.39 Å². The van der Waals surface area contributed by atoms with Gasteiger partial charge in [-0.15, -0.1) is 0 Å². The van der Waals surface area contributed by atoms with E-state index in [0.717, 1.165) is 6.42 Å². The lowest BCUT2D eigenvalue weighted by Crippen LogP contribution is -2.25. The summed E-state index contributed by atoms with van der Waals surface area (Å²) < 4.78 is 18.1. The van der Waals surface area contributed by atoms with Gasteiger partial charge in [0, 0.05) is 6.54 Å². The van der Waals surface area contributed by atoms with E-state index in [1.165, 1.54) is 25.3 Å². The van der Waals surface area contributed by atoms with Crippen molar-refractivity contribution < 1.29 is 13.9 Å². The SMILES string of the molecule is COc1ccc(F)cc1C(=O)NCCC(C)C. The maximum absolute atomic E-state index is 13.1. The zero-order chi connectivity index (χ0) is 12.8. The fourth-order valence-electron chi connectivity index (χ4n) is 1.43. The Labute approximate surface area is 101 Å². The van der Waals surface area contributed by atoms with E-state index in [9.17, 15) is 9.18 Å². The van der Waals surface area contributed by atoms with Crippen LogP contribution < -0.4 is 10.1 Å². The number of carbonyl (C=O) groups is 1. The van der Waals surface area contributed by atoms with Crippen LogP contribution in [0.15, 0.2) is 18.2 Å². The lowest BCUT2D eigenvalue weighted by Gasteiger charge is -2.10. The number of methoxy groups -OCH3 is 1. The zero-order valence-corrected chi connectivity index (χ0v) is 10.4. The molecule has 17 heavy (non-hydrogen) atoms. The molecule has 0 bridgehead atoms. The zero-order valence-electron chi connectivity index (χ0n) is 10.4. The van der Waals surface area contributed by atoms with E-state index >= 15 is 0 Å². The van der Waals surface area contributed by atoms with Gasteiger partial charge in [0.15, 0.2) is 0 Å². The van der Waals surface area contributed by atoms with Crippen molar-refractivity contribution in [3.8, 4) is 5.75 Å². The Morgan fingerprint density at radius 2 is 2.18 bits per heavy atom. The molecule has 0 aliphatic heterocycles. The molecule has 0 radical (unpaired) electrons. The number of carbonyl (C=O) groups excluding carboxylic acids is 1. The second kappa shape index (κ2) is 6.23. The van der Waals surface area contributed by atoms with E-state index in [4.69, 9.17) is 4.74 Å². The Bertz CT molecular complexity index is 391. The van der Waals surface area contributed by atoms with Gasteiger partial charge >= 0.3 is 0 Å². The number of hydrogen-bond donors (Lipinski definition) is 1. The van der Waals surface area contributed by atoms with Crippen LogP contribution in [0.25, 0.3) is 0 Å². The van der Waals surface area contributed by atoms with Crippen molar-refractivity contribution in [3.63, 3.8) is 0 Å². The minimum atomic E-state index is -0.445. The molecule has 0 aromatic heterocycles. The molecule has 1 amide bonds. The molecule has 3 nitrogen and oxygen atoms in total. The van der Waals surface area contributed by atoms with Crippen LogP contribution >= 0.6 is 0 Å². The summed E-state index contributed by atoms with van der Waals surface area (Å²) in [5.41, 5.74) is 0.233. The highest BCUT2D eigenvalue weighted by molar-refractivity contribution is 5.96. The van der Waals surface area contributed by atoms with Crippen LogP contribution in [-0.2, 0) is 0 Å². The summed E-state index contributed by atoms with van der Waals surface area (Å²) in [7, 11) is 1.46. The summed E-state index contributed by atoms with van der Waals surface area (Å²) in [4.78, 5) is 11.8. The molecule has 0 saturated carbocycles. The van der Waals surface area contributed by atoms with Crippen molar-refractivity contribution in [2.75, 3.05) is 13.7 Å². The topological polar surface area (TPSA) is 38.3 Å². The molecule has 1 N–H and O–H groups in total. The van der Waals surface area contributed by atoms with E-state index in [2.05, 4.69) is 19.2 Å². The van der Waals surface area contributed by atoms with Crippen LogP contribution in [0.3, 0.4) is 0 Å². The van der Waals surface area contributed by atoms with Gasteiger partial charge in [0.1, 0.15) is 11.6 Å². The smallest absolute Gasteiger partial charge is 0.255 e. The Hall–Kier alpha value is -1.58. The molecule has 0 spiro atoms. The number of halogens is 1. The first-order valence-corrected chi connectivity index (χ1v) is 5.66. The molecule has 0 heterocycles. The average Bonchev–Trinajstić information content (AvgIpc) is 2.28. The molecule has 4 heteroatoms. The molecule has 0 saturated heterocycles. The lowest BCUT2D eigenvalue weighted by molar-refractivity contribution is 0.0948. The van der Waals surface area contributed by atoms with Gasteiger partial charge < -0.3 is 10.1 Å². The normalized spacial score (nSPS) is 10.4. The van der Waals surface area contributed by atoms with Crippen LogP contribution in [0.1, 0.15) is 30.6 Å². The molecule has 94 valence electrons. The van der Waals surface area contributed by atoms with Crippen molar-refractivity contribution in [3.05, 3.63) is 29.6 Å². The van der Waals surface area contributed by atoms with Crippen LogP contribution in [0.5, 0.6) is 5.75 Å². The van der Waals surface area contributed by atoms with Crippen LogP contribution in [-0.4, -0.2) is 19.6 Å². The van der Waals surface area contributed by atoms with Crippen molar-refractivity contribution in [1.82, 2.24) is 5.32 Å². The number of rotatable bonds is 5. The fraction of sp³-hybridized carbons (Fsp3) is 0.462. The molecule has 0 unspecified atom stereocenters. The lowest BCUT2D eigenvalue weighted by atomic mass is 10.1. The van der Waals surface area contributed by atoms with Crippen molar-refractivity contribution in [1.29, 1.82) is 0 Å². The third kappa shape index (κ3) is 4.06. The number of hydrogen-bond acceptors (Lipinski definition) is 2. The van der Waals surface area contributed by atoms with E-state index in [1.54, 1.807) is 0 Å². The molecule has 1 aromatic carbocycles. The molecule has 0 aliphatic carbocycles. The summed E-state index contributed by atoms with van der Waals surface area (Å²) in [5.74, 6) is 0.153. The summed E-state index contributed by atoms with van der Waals surface area (Å²) in [6.45, 7) is 4.74. The average molecular weight is 239 g/mol. The Balaban J connectivity index is 2.70.